The molecule has 1 fully saturated rings. The molecule has 0 saturated carbocycles. The number of hydrogen-bond acceptors (Lipinski definition) is 5. The number of likely N-dealkylation sites (tertiary alicyclic amines) is 1. The molecule has 0 aliphatic carbocycles. The average molecular weight is 296 g/mol. The number of aliphatic hydroxyl groups excluding tert-OH is 1. The summed E-state index contributed by atoms with van der Waals surface area (Å²) < 4.78 is 0. The Hall–Kier alpha value is -0.750. The topological polar surface area (TPSA) is 43.8 Å². The number of β-amino-alcohol motifs (C(OH)–C–C–N with tert-alkyl or cyclic N) is 1. The Morgan fingerprint density at radius 1 is 1.50 bits per heavy atom. The fraction of sp³-hybridized carbons (Fsp3) is 0.667. The van der Waals surface area contributed by atoms with Gasteiger partial charge in [-0.2, -0.15) is 0 Å². The largest absolute Gasteiger partial charge is 0.392 e. The second-order valence-corrected chi connectivity index (χ2v) is 6.95. The number of ketones is 1. The van der Waals surface area contributed by atoms with Crippen LogP contribution in [0.25, 0.3) is 0 Å². The highest BCUT2D eigenvalue weighted by atomic mass is 32.1. The van der Waals surface area contributed by atoms with E-state index in [4.69, 9.17) is 0 Å². The number of carbonyl (C=O) groups is 1. The van der Waals surface area contributed by atoms with Crippen molar-refractivity contribution in [2.75, 3.05) is 33.7 Å². The third-order valence-electron chi connectivity index (χ3n) is 3.71. The predicted molar refractivity (Wildman–Crippen MR) is 82.6 cm³/mol. The zero-order valence-electron chi connectivity index (χ0n) is 12.5. The third-order valence-corrected chi connectivity index (χ3v) is 4.98. The predicted octanol–water partition coefficient (Wildman–Crippen LogP) is 1.49. The molecule has 1 N–H and O–H groups in total. The van der Waals surface area contributed by atoms with Gasteiger partial charge in [-0.05, 0) is 39.1 Å². The lowest BCUT2D eigenvalue weighted by molar-refractivity contribution is 0.0906. The van der Waals surface area contributed by atoms with Gasteiger partial charge in [0, 0.05) is 24.0 Å². The quantitative estimate of drug-likeness (QED) is 0.808. The summed E-state index contributed by atoms with van der Waals surface area (Å²) in [5.41, 5.74) is 0. The molecule has 20 heavy (non-hydrogen) atoms. The smallest absolute Gasteiger partial charge is 0.186 e. The first kappa shape index (κ1) is 15.6. The number of thiophene rings is 1. The Bertz CT molecular complexity index is 458. The molecule has 2 rings (SSSR count). The zero-order valence-corrected chi connectivity index (χ0v) is 13.3. The normalized spacial score (nSPS) is 23.6. The van der Waals surface area contributed by atoms with Gasteiger partial charge in [-0.1, -0.05) is 6.92 Å². The molecule has 2 unspecified atom stereocenters. The molecule has 0 bridgehead atoms. The highest BCUT2D eigenvalue weighted by Gasteiger charge is 2.32. The SMILES string of the molecule is CCc1ccc(C(=O)CN2CC(O)CC2CN(C)C)s1. The summed E-state index contributed by atoms with van der Waals surface area (Å²) in [7, 11) is 4.05. The molecular weight excluding hydrogens is 272 g/mol. The van der Waals surface area contributed by atoms with E-state index in [0.717, 1.165) is 24.3 Å². The second kappa shape index (κ2) is 6.80. The minimum absolute atomic E-state index is 0.174. The van der Waals surface area contributed by atoms with Crippen LogP contribution in [0.3, 0.4) is 0 Å². The fourth-order valence-electron chi connectivity index (χ4n) is 2.74. The number of nitrogens with zero attached hydrogens (tertiary/aromatic N) is 2. The van der Waals surface area contributed by atoms with Crippen molar-refractivity contribution in [3.63, 3.8) is 0 Å². The van der Waals surface area contributed by atoms with E-state index >= 15 is 0 Å². The molecule has 2 atom stereocenters. The molecule has 0 aromatic carbocycles. The van der Waals surface area contributed by atoms with Crippen LogP contribution in [0.1, 0.15) is 27.9 Å². The van der Waals surface area contributed by atoms with Gasteiger partial charge in [0.1, 0.15) is 0 Å². The van der Waals surface area contributed by atoms with Crippen LogP contribution in [0.2, 0.25) is 0 Å². The summed E-state index contributed by atoms with van der Waals surface area (Å²) in [6.07, 6.45) is 1.43. The molecule has 1 aromatic rings. The second-order valence-electron chi connectivity index (χ2n) is 5.78. The van der Waals surface area contributed by atoms with Crippen molar-refractivity contribution in [1.29, 1.82) is 0 Å². The van der Waals surface area contributed by atoms with Crippen molar-refractivity contribution in [1.82, 2.24) is 9.80 Å². The van der Waals surface area contributed by atoms with Crippen LogP contribution in [-0.2, 0) is 6.42 Å². The van der Waals surface area contributed by atoms with Crippen molar-refractivity contribution in [2.45, 2.75) is 31.9 Å². The van der Waals surface area contributed by atoms with E-state index in [-0.39, 0.29) is 17.9 Å². The highest BCUT2D eigenvalue weighted by molar-refractivity contribution is 7.14. The molecule has 112 valence electrons. The molecule has 1 saturated heterocycles. The Morgan fingerprint density at radius 3 is 2.85 bits per heavy atom. The Kier molecular flexibility index (Phi) is 5.32. The van der Waals surface area contributed by atoms with Crippen molar-refractivity contribution < 1.29 is 9.90 Å². The lowest BCUT2D eigenvalue weighted by Crippen LogP contribution is -2.40. The number of rotatable bonds is 6. The van der Waals surface area contributed by atoms with Crippen LogP contribution in [-0.4, -0.2) is 66.6 Å². The molecular formula is C15H24N2O2S. The number of aliphatic hydroxyl groups is 1. The Balaban J connectivity index is 1.98. The zero-order chi connectivity index (χ0) is 14.7. The lowest BCUT2D eigenvalue weighted by Gasteiger charge is -2.25. The summed E-state index contributed by atoms with van der Waals surface area (Å²) in [6.45, 7) is 4.01. The van der Waals surface area contributed by atoms with Crippen LogP contribution in [0, 0.1) is 0 Å². The van der Waals surface area contributed by atoms with E-state index in [0.29, 0.717) is 13.1 Å². The molecule has 4 nitrogen and oxygen atoms in total. The number of aryl methyl sites for hydroxylation is 1. The van der Waals surface area contributed by atoms with Gasteiger partial charge in [0.2, 0.25) is 0 Å². The first-order valence-corrected chi connectivity index (χ1v) is 8.00. The van der Waals surface area contributed by atoms with Crippen LogP contribution >= 0.6 is 11.3 Å². The number of Topliss-reactive ketones (excluding diaryl/α,β-unsaturated/α-hetero) is 1. The minimum atomic E-state index is -0.303. The lowest BCUT2D eigenvalue weighted by atomic mass is 10.2. The first-order valence-electron chi connectivity index (χ1n) is 7.18. The van der Waals surface area contributed by atoms with Crippen LogP contribution in [0.15, 0.2) is 12.1 Å². The minimum Gasteiger partial charge on any atom is -0.392 e. The summed E-state index contributed by atoms with van der Waals surface area (Å²) in [5.74, 6) is 0.174. The molecule has 1 aliphatic rings. The summed E-state index contributed by atoms with van der Waals surface area (Å²) in [4.78, 5) is 18.7. The maximum Gasteiger partial charge on any atom is 0.186 e. The maximum atomic E-state index is 12.3. The van der Waals surface area contributed by atoms with Gasteiger partial charge < -0.3 is 10.0 Å². The monoisotopic (exact) mass is 296 g/mol. The van der Waals surface area contributed by atoms with Crippen molar-refractivity contribution in [3.05, 3.63) is 21.9 Å². The summed E-state index contributed by atoms with van der Waals surface area (Å²) in [5, 5.41) is 9.84. The van der Waals surface area contributed by atoms with Gasteiger partial charge >= 0.3 is 0 Å². The van der Waals surface area contributed by atoms with Gasteiger partial charge in [-0.3, -0.25) is 9.69 Å². The Labute approximate surface area is 125 Å². The maximum absolute atomic E-state index is 12.3. The van der Waals surface area contributed by atoms with E-state index < -0.39 is 0 Å². The molecule has 0 radical (unpaired) electrons. The van der Waals surface area contributed by atoms with Crippen LogP contribution < -0.4 is 0 Å². The van der Waals surface area contributed by atoms with Gasteiger partial charge in [-0.25, -0.2) is 0 Å². The first-order chi connectivity index (χ1) is 9.49. The number of likely N-dealkylation sites (N-methyl/N-ethyl adjacent to an activating group) is 1. The molecule has 0 spiro atoms. The van der Waals surface area contributed by atoms with E-state index in [1.807, 2.05) is 26.2 Å². The van der Waals surface area contributed by atoms with E-state index in [2.05, 4.69) is 16.7 Å². The summed E-state index contributed by atoms with van der Waals surface area (Å²) in [6, 6.07) is 4.24. The number of carbonyl (C=O) groups excluding carboxylic acids is 1. The van der Waals surface area contributed by atoms with Gasteiger partial charge in [0.05, 0.1) is 17.5 Å². The Morgan fingerprint density at radius 2 is 2.25 bits per heavy atom. The van der Waals surface area contributed by atoms with E-state index in [1.165, 1.54) is 4.88 Å². The van der Waals surface area contributed by atoms with Crippen molar-refractivity contribution >= 4 is 17.1 Å². The van der Waals surface area contributed by atoms with Crippen LogP contribution in [0.5, 0.6) is 0 Å². The highest BCUT2D eigenvalue weighted by Crippen LogP contribution is 2.22. The fourth-order valence-corrected chi connectivity index (χ4v) is 3.62. The van der Waals surface area contributed by atoms with Crippen LogP contribution in [0.4, 0.5) is 0 Å². The molecule has 1 aromatic heterocycles. The molecule has 2 heterocycles. The van der Waals surface area contributed by atoms with E-state index in [1.54, 1.807) is 11.3 Å². The third kappa shape index (κ3) is 3.88. The van der Waals surface area contributed by atoms with Gasteiger partial charge in [0.25, 0.3) is 0 Å². The molecule has 0 amide bonds. The van der Waals surface area contributed by atoms with Crippen molar-refractivity contribution in [3.8, 4) is 0 Å². The summed E-state index contributed by atoms with van der Waals surface area (Å²) >= 11 is 1.59. The van der Waals surface area contributed by atoms with E-state index in [9.17, 15) is 9.90 Å². The molecule has 1 aliphatic heterocycles. The number of hydrogen-bond donors (Lipinski definition) is 1. The molecule has 5 heteroatoms. The standard InChI is InChI=1S/C15H24N2O2S/c1-4-13-5-6-15(20-13)14(19)10-17-9-12(18)7-11(17)8-16(2)3/h5-6,11-12,18H,4,7-10H2,1-3H3. The van der Waals surface area contributed by atoms with Gasteiger partial charge in [-0.15, -0.1) is 11.3 Å². The van der Waals surface area contributed by atoms with Gasteiger partial charge in [0.15, 0.2) is 5.78 Å². The van der Waals surface area contributed by atoms with Crippen molar-refractivity contribution in [2.24, 2.45) is 0 Å². The average Bonchev–Trinajstić information content (AvgIpc) is 2.96.